The smallest absolute Gasteiger partial charge is 0.261 e. The molecule has 6 heteroatoms. The molecular formula is C16H18N2O3S. The fraction of sp³-hybridized carbons (Fsp3) is 0.188. The minimum absolute atomic E-state index is 0.0788. The summed E-state index contributed by atoms with van der Waals surface area (Å²) in [5.74, 6) is -0.594. The number of nitrogens with two attached hydrogens (primary N) is 1. The van der Waals surface area contributed by atoms with Gasteiger partial charge < -0.3 is 5.73 Å². The number of aryl methyl sites for hydroxylation is 1. The second-order valence-corrected chi connectivity index (χ2v) is 6.62. The van der Waals surface area contributed by atoms with E-state index in [1.54, 1.807) is 12.1 Å². The molecule has 0 saturated heterocycles. The van der Waals surface area contributed by atoms with Crippen LogP contribution in [-0.2, 0) is 16.4 Å². The van der Waals surface area contributed by atoms with E-state index in [4.69, 9.17) is 5.73 Å². The van der Waals surface area contributed by atoms with Crippen molar-refractivity contribution in [3.05, 3.63) is 59.7 Å². The van der Waals surface area contributed by atoms with Gasteiger partial charge in [0.15, 0.2) is 0 Å². The number of hydrogen-bond acceptors (Lipinski definition) is 3. The summed E-state index contributed by atoms with van der Waals surface area (Å²) in [5.41, 5.74) is 7.06. The molecule has 22 heavy (non-hydrogen) atoms. The van der Waals surface area contributed by atoms with E-state index >= 15 is 0 Å². The second kappa shape index (κ2) is 6.62. The predicted molar refractivity (Wildman–Crippen MR) is 86.2 cm³/mol. The Kier molecular flexibility index (Phi) is 4.82. The molecule has 0 bridgehead atoms. The Morgan fingerprint density at radius 3 is 2.14 bits per heavy atom. The number of anilines is 1. The average molecular weight is 318 g/mol. The van der Waals surface area contributed by atoms with Crippen LogP contribution in [0.4, 0.5) is 5.69 Å². The van der Waals surface area contributed by atoms with Crippen LogP contribution in [0, 0.1) is 0 Å². The molecule has 0 spiro atoms. The van der Waals surface area contributed by atoms with Crippen LogP contribution in [0.2, 0.25) is 0 Å². The summed E-state index contributed by atoms with van der Waals surface area (Å²) < 4.78 is 27.0. The standard InChI is InChI=1S/C16H18N2O3S/c1-2-3-12-4-8-14(9-5-12)18-22(20,21)15-10-6-13(7-11-15)16(17)19/h4-11,18H,2-3H2,1H3,(H2,17,19). The van der Waals surface area contributed by atoms with Crippen LogP contribution < -0.4 is 10.5 Å². The molecule has 5 nitrogen and oxygen atoms in total. The van der Waals surface area contributed by atoms with Crippen LogP contribution >= 0.6 is 0 Å². The average Bonchev–Trinajstić information content (AvgIpc) is 2.49. The van der Waals surface area contributed by atoms with Crippen LogP contribution in [0.15, 0.2) is 53.4 Å². The van der Waals surface area contributed by atoms with Crippen LogP contribution in [0.3, 0.4) is 0 Å². The van der Waals surface area contributed by atoms with Gasteiger partial charge in [0.05, 0.1) is 4.90 Å². The fourth-order valence-electron chi connectivity index (χ4n) is 2.04. The summed E-state index contributed by atoms with van der Waals surface area (Å²) in [7, 11) is -3.68. The fourth-order valence-corrected chi connectivity index (χ4v) is 3.10. The van der Waals surface area contributed by atoms with Crippen LogP contribution in [0.5, 0.6) is 0 Å². The zero-order chi connectivity index (χ0) is 16.2. The third-order valence-corrected chi connectivity index (χ3v) is 4.59. The van der Waals surface area contributed by atoms with Gasteiger partial charge in [0.2, 0.25) is 5.91 Å². The molecule has 3 N–H and O–H groups in total. The highest BCUT2D eigenvalue weighted by molar-refractivity contribution is 7.92. The minimum atomic E-state index is -3.68. The van der Waals surface area contributed by atoms with Gasteiger partial charge in [0.25, 0.3) is 10.0 Å². The Morgan fingerprint density at radius 2 is 1.64 bits per heavy atom. The molecule has 0 atom stereocenters. The summed E-state index contributed by atoms with van der Waals surface area (Å²) in [6.45, 7) is 2.09. The maximum Gasteiger partial charge on any atom is 0.261 e. The first-order valence-electron chi connectivity index (χ1n) is 6.94. The SMILES string of the molecule is CCCc1ccc(NS(=O)(=O)c2ccc(C(N)=O)cc2)cc1. The molecule has 0 unspecified atom stereocenters. The Hall–Kier alpha value is -2.34. The first kappa shape index (κ1) is 16.0. The van der Waals surface area contributed by atoms with Crippen molar-refractivity contribution in [3.63, 3.8) is 0 Å². The molecule has 0 aromatic heterocycles. The molecule has 2 aromatic rings. The largest absolute Gasteiger partial charge is 0.366 e. The lowest BCUT2D eigenvalue weighted by atomic mass is 10.1. The molecule has 0 aliphatic heterocycles. The molecule has 1 amide bonds. The number of rotatable bonds is 6. The lowest BCUT2D eigenvalue weighted by Crippen LogP contribution is -2.14. The van der Waals surface area contributed by atoms with E-state index in [0.717, 1.165) is 18.4 Å². The van der Waals surface area contributed by atoms with Crippen molar-refractivity contribution in [3.8, 4) is 0 Å². The van der Waals surface area contributed by atoms with Gasteiger partial charge in [-0.25, -0.2) is 8.42 Å². The van der Waals surface area contributed by atoms with E-state index in [2.05, 4.69) is 11.6 Å². The predicted octanol–water partition coefficient (Wildman–Crippen LogP) is 2.54. The zero-order valence-electron chi connectivity index (χ0n) is 12.2. The van der Waals surface area contributed by atoms with Crippen molar-refractivity contribution >= 4 is 21.6 Å². The summed E-state index contributed by atoms with van der Waals surface area (Å²) in [6, 6.07) is 12.8. The van der Waals surface area contributed by atoms with Crippen LogP contribution in [-0.4, -0.2) is 14.3 Å². The van der Waals surface area contributed by atoms with E-state index in [0.29, 0.717) is 5.69 Å². The van der Waals surface area contributed by atoms with Gasteiger partial charge in [-0.05, 0) is 48.4 Å². The highest BCUT2D eigenvalue weighted by Gasteiger charge is 2.14. The van der Waals surface area contributed by atoms with E-state index in [-0.39, 0.29) is 10.5 Å². The molecule has 0 aliphatic rings. The molecule has 2 aromatic carbocycles. The van der Waals surface area contributed by atoms with Crippen molar-refractivity contribution in [2.45, 2.75) is 24.7 Å². The lowest BCUT2D eigenvalue weighted by molar-refractivity contribution is 0.1000. The summed E-state index contributed by atoms with van der Waals surface area (Å²) >= 11 is 0. The molecule has 116 valence electrons. The van der Waals surface area contributed by atoms with E-state index in [1.165, 1.54) is 24.3 Å². The molecule has 2 rings (SSSR count). The van der Waals surface area contributed by atoms with Crippen molar-refractivity contribution in [2.75, 3.05) is 4.72 Å². The first-order valence-corrected chi connectivity index (χ1v) is 8.42. The van der Waals surface area contributed by atoms with Gasteiger partial charge in [-0.15, -0.1) is 0 Å². The van der Waals surface area contributed by atoms with Gasteiger partial charge in [-0.1, -0.05) is 25.5 Å². The highest BCUT2D eigenvalue weighted by atomic mass is 32.2. The van der Waals surface area contributed by atoms with E-state index in [9.17, 15) is 13.2 Å². The van der Waals surface area contributed by atoms with E-state index < -0.39 is 15.9 Å². The first-order chi connectivity index (χ1) is 10.4. The van der Waals surface area contributed by atoms with Crippen molar-refractivity contribution in [2.24, 2.45) is 5.73 Å². The monoisotopic (exact) mass is 318 g/mol. The van der Waals surface area contributed by atoms with Gasteiger partial charge in [0.1, 0.15) is 0 Å². The zero-order valence-corrected chi connectivity index (χ0v) is 13.1. The molecular weight excluding hydrogens is 300 g/mol. The molecule has 0 aliphatic carbocycles. The third-order valence-electron chi connectivity index (χ3n) is 3.19. The van der Waals surface area contributed by atoms with Crippen molar-refractivity contribution in [1.82, 2.24) is 0 Å². The topological polar surface area (TPSA) is 89.3 Å². The normalized spacial score (nSPS) is 11.1. The maximum atomic E-state index is 12.3. The quantitative estimate of drug-likeness (QED) is 0.857. The summed E-state index contributed by atoms with van der Waals surface area (Å²) in [6.07, 6.45) is 2.00. The number of primary amides is 1. The Labute approximate surface area is 130 Å². The third kappa shape index (κ3) is 3.85. The molecule has 0 heterocycles. The summed E-state index contributed by atoms with van der Waals surface area (Å²) in [4.78, 5) is 11.1. The molecule has 0 fully saturated rings. The van der Waals surface area contributed by atoms with Crippen molar-refractivity contribution < 1.29 is 13.2 Å². The van der Waals surface area contributed by atoms with Gasteiger partial charge in [-0.3, -0.25) is 9.52 Å². The number of benzene rings is 2. The summed E-state index contributed by atoms with van der Waals surface area (Å²) in [5, 5.41) is 0. The number of nitrogens with one attached hydrogen (secondary N) is 1. The molecule has 0 radical (unpaired) electrons. The highest BCUT2D eigenvalue weighted by Crippen LogP contribution is 2.17. The number of amides is 1. The Balaban J connectivity index is 2.18. The van der Waals surface area contributed by atoms with Gasteiger partial charge in [-0.2, -0.15) is 0 Å². The number of carbonyl (C=O) groups excluding carboxylic acids is 1. The second-order valence-electron chi connectivity index (χ2n) is 4.94. The van der Waals surface area contributed by atoms with Gasteiger partial charge in [0, 0.05) is 11.3 Å². The number of hydrogen-bond donors (Lipinski definition) is 2. The lowest BCUT2D eigenvalue weighted by Gasteiger charge is -2.09. The number of sulfonamides is 1. The van der Waals surface area contributed by atoms with Crippen LogP contribution in [0.25, 0.3) is 0 Å². The van der Waals surface area contributed by atoms with Crippen LogP contribution in [0.1, 0.15) is 29.3 Å². The minimum Gasteiger partial charge on any atom is -0.366 e. The Bertz CT molecular complexity index is 751. The Morgan fingerprint density at radius 1 is 1.05 bits per heavy atom. The number of carbonyl (C=O) groups is 1. The maximum absolute atomic E-state index is 12.3. The van der Waals surface area contributed by atoms with E-state index in [1.807, 2.05) is 12.1 Å². The van der Waals surface area contributed by atoms with Gasteiger partial charge >= 0.3 is 0 Å². The molecule has 0 saturated carbocycles. The van der Waals surface area contributed by atoms with Crippen molar-refractivity contribution in [1.29, 1.82) is 0 Å².